The van der Waals surface area contributed by atoms with E-state index in [1.54, 1.807) is 19.5 Å². The van der Waals surface area contributed by atoms with Gasteiger partial charge in [0.2, 0.25) is 0 Å². The van der Waals surface area contributed by atoms with Crippen LogP contribution >= 0.6 is 0 Å². The van der Waals surface area contributed by atoms with Gasteiger partial charge >= 0.3 is 0 Å². The summed E-state index contributed by atoms with van der Waals surface area (Å²) in [5.41, 5.74) is 1.25. The zero-order chi connectivity index (χ0) is 10.4. The maximum absolute atomic E-state index is 5.12. The molecule has 78 valence electrons. The lowest BCUT2D eigenvalue weighted by atomic mass is 10.1. The largest absolute Gasteiger partial charge is 0.383 e. The van der Waals surface area contributed by atoms with Gasteiger partial charge in [0.25, 0.3) is 0 Å². The highest BCUT2D eigenvalue weighted by molar-refractivity contribution is 5.09. The van der Waals surface area contributed by atoms with Gasteiger partial charge in [-0.05, 0) is 31.5 Å². The van der Waals surface area contributed by atoms with Gasteiger partial charge in [-0.15, -0.1) is 0 Å². The standard InChI is InChI=1S/C11H18N2O/c1-11(2,9-14-3)13-8-10-4-6-12-7-5-10/h4-7,13H,8-9H2,1-3H3. The summed E-state index contributed by atoms with van der Waals surface area (Å²) in [6.45, 7) is 5.80. The minimum Gasteiger partial charge on any atom is -0.383 e. The molecule has 1 aromatic rings. The molecule has 0 unspecified atom stereocenters. The molecular formula is C11H18N2O. The van der Waals surface area contributed by atoms with E-state index in [2.05, 4.69) is 24.1 Å². The fourth-order valence-electron chi connectivity index (χ4n) is 1.25. The quantitative estimate of drug-likeness (QED) is 0.773. The fraction of sp³-hybridized carbons (Fsp3) is 0.545. The van der Waals surface area contributed by atoms with Gasteiger partial charge in [-0.25, -0.2) is 0 Å². The van der Waals surface area contributed by atoms with Gasteiger partial charge < -0.3 is 10.1 Å². The maximum atomic E-state index is 5.12. The van der Waals surface area contributed by atoms with Crippen molar-refractivity contribution in [2.24, 2.45) is 0 Å². The predicted molar refractivity (Wildman–Crippen MR) is 57.0 cm³/mol. The Morgan fingerprint density at radius 3 is 2.57 bits per heavy atom. The monoisotopic (exact) mass is 194 g/mol. The number of pyridine rings is 1. The summed E-state index contributed by atoms with van der Waals surface area (Å²) in [5.74, 6) is 0. The Morgan fingerprint density at radius 2 is 2.00 bits per heavy atom. The number of nitrogens with one attached hydrogen (secondary N) is 1. The van der Waals surface area contributed by atoms with Crippen LogP contribution < -0.4 is 5.32 Å². The van der Waals surface area contributed by atoms with Crippen molar-refractivity contribution in [3.8, 4) is 0 Å². The normalized spacial score (nSPS) is 11.6. The first kappa shape index (κ1) is 11.1. The zero-order valence-corrected chi connectivity index (χ0v) is 9.08. The first-order valence-corrected chi connectivity index (χ1v) is 4.77. The number of aromatic nitrogens is 1. The van der Waals surface area contributed by atoms with E-state index in [0.717, 1.165) is 6.54 Å². The van der Waals surface area contributed by atoms with Crippen LogP contribution in [0.2, 0.25) is 0 Å². The predicted octanol–water partition coefficient (Wildman–Crippen LogP) is 1.60. The van der Waals surface area contributed by atoms with Gasteiger partial charge in [0, 0.05) is 31.6 Å². The molecule has 0 aliphatic rings. The molecule has 0 aromatic carbocycles. The smallest absolute Gasteiger partial charge is 0.0639 e. The van der Waals surface area contributed by atoms with Gasteiger partial charge in [-0.2, -0.15) is 0 Å². The number of methoxy groups -OCH3 is 1. The minimum absolute atomic E-state index is 0.0119. The van der Waals surface area contributed by atoms with Crippen molar-refractivity contribution in [1.82, 2.24) is 10.3 Å². The Morgan fingerprint density at radius 1 is 1.36 bits per heavy atom. The average Bonchev–Trinajstić information content (AvgIpc) is 2.17. The van der Waals surface area contributed by atoms with E-state index in [4.69, 9.17) is 4.74 Å². The van der Waals surface area contributed by atoms with E-state index in [1.807, 2.05) is 12.1 Å². The van der Waals surface area contributed by atoms with Crippen LogP contribution in [0, 0.1) is 0 Å². The van der Waals surface area contributed by atoms with E-state index in [-0.39, 0.29) is 5.54 Å². The lowest BCUT2D eigenvalue weighted by Gasteiger charge is -2.25. The number of hydrogen-bond acceptors (Lipinski definition) is 3. The highest BCUT2D eigenvalue weighted by atomic mass is 16.5. The lowest BCUT2D eigenvalue weighted by molar-refractivity contribution is 0.128. The molecule has 1 aromatic heterocycles. The molecule has 0 radical (unpaired) electrons. The van der Waals surface area contributed by atoms with Gasteiger partial charge in [0.15, 0.2) is 0 Å². The number of rotatable bonds is 5. The average molecular weight is 194 g/mol. The summed E-state index contributed by atoms with van der Waals surface area (Å²) in [7, 11) is 1.72. The van der Waals surface area contributed by atoms with Crippen molar-refractivity contribution < 1.29 is 4.74 Å². The third-order valence-corrected chi connectivity index (χ3v) is 2.03. The molecule has 0 amide bonds. The van der Waals surface area contributed by atoms with Crippen molar-refractivity contribution >= 4 is 0 Å². The van der Waals surface area contributed by atoms with Crippen LogP contribution in [0.25, 0.3) is 0 Å². The van der Waals surface area contributed by atoms with E-state index in [0.29, 0.717) is 6.61 Å². The molecule has 0 atom stereocenters. The molecule has 1 N–H and O–H groups in total. The first-order chi connectivity index (χ1) is 6.64. The molecule has 1 rings (SSSR count). The highest BCUT2D eigenvalue weighted by Crippen LogP contribution is 2.04. The summed E-state index contributed by atoms with van der Waals surface area (Å²) in [5, 5.41) is 3.42. The van der Waals surface area contributed by atoms with Gasteiger partial charge in [0.05, 0.1) is 6.61 Å². The van der Waals surface area contributed by atoms with E-state index in [9.17, 15) is 0 Å². The Kier molecular flexibility index (Phi) is 4.04. The summed E-state index contributed by atoms with van der Waals surface area (Å²) < 4.78 is 5.12. The fourth-order valence-corrected chi connectivity index (χ4v) is 1.25. The Bertz CT molecular complexity index is 259. The number of ether oxygens (including phenoxy) is 1. The van der Waals surface area contributed by atoms with Gasteiger partial charge in [-0.1, -0.05) is 0 Å². The van der Waals surface area contributed by atoms with Crippen molar-refractivity contribution in [1.29, 1.82) is 0 Å². The molecule has 3 nitrogen and oxygen atoms in total. The molecule has 0 aliphatic carbocycles. The SMILES string of the molecule is COCC(C)(C)NCc1ccncc1. The molecule has 14 heavy (non-hydrogen) atoms. The number of nitrogens with zero attached hydrogens (tertiary/aromatic N) is 1. The summed E-state index contributed by atoms with van der Waals surface area (Å²) in [6, 6.07) is 4.02. The second kappa shape index (κ2) is 5.08. The third kappa shape index (κ3) is 3.85. The molecule has 3 heteroatoms. The van der Waals surface area contributed by atoms with E-state index in [1.165, 1.54) is 5.56 Å². The minimum atomic E-state index is 0.0119. The Labute approximate surface area is 85.5 Å². The summed E-state index contributed by atoms with van der Waals surface area (Å²) >= 11 is 0. The van der Waals surface area contributed by atoms with Crippen LogP contribution in [0.5, 0.6) is 0 Å². The Balaban J connectivity index is 2.40. The van der Waals surface area contributed by atoms with Crippen molar-refractivity contribution in [3.63, 3.8) is 0 Å². The molecule has 0 saturated heterocycles. The second-order valence-electron chi connectivity index (χ2n) is 4.03. The molecule has 0 bridgehead atoms. The molecule has 0 fully saturated rings. The van der Waals surface area contributed by atoms with Crippen LogP contribution in [-0.2, 0) is 11.3 Å². The number of hydrogen-bond donors (Lipinski definition) is 1. The maximum Gasteiger partial charge on any atom is 0.0639 e. The molecule has 0 aliphatic heterocycles. The highest BCUT2D eigenvalue weighted by Gasteiger charge is 2.15. The molecule has 1 heterocycles. The van der Waals surface area contributed by atoms with Gasteiger partial charge in [0.1, 0.15) is 0 Å². The van der Waals surface area contributed by atoms with Gasteiger partial charge in [-0.3, -0.25) is 4.98 Å². The van der Waals surface area contributed by atoms with Crippen molar-refractivity contribution in [2.75, 3.05) is 13.7 Å². The first-order valence-electron chi connectivity index (χ1n) is 4.77. The Hall–Kier alpha value is -0.930. The third-order valence-electron chi connectivity index (χ3n) is 2.03. The summed E-state index contributed by atoms with van der Waals surface area (Å²) in [6.07, 6.45) is 3.61. The van der Waals surface area contributed by atoms with Crippen LogP contribution in [0.4, 0.5) is 0 Å². The van der Waals surface area contributed by atoms with E-state index >= 15 is 0 Å². The van der Waals surface area contributed by atoms with E-state index < -0.39 is 0 Å². The molecular weight excluding hydrogens is 176 g/mol. The summed E-state index contributed by atoms with van der Waals surface area (Å²) in [4.78, 5) is 3.97. The lowest BCUT2D eigenvalue weighted by Crippen LogP contribution is -2.42. The van der Waals surface area contributed by atoms with Crippen molar-refractivity contribution in [3.05, 3.63) is 30.1 Å². The molecule has 0 saturated carbocycles. The van der Waals surface area contributed by atoms with Crippen LogP contribution in [0.3, 0.4) is 0 Å². The van der Waals surface area contributed by atoms with Crippen LogP contribution in [-0.4, -0.2) is 24.2 Å². The topological polar surface area (TPSA) is 34.1 Å². The molecule has 0 spiro atoms. The zero-order valence-electron chi connectivity index (χ0n) is 9.08. The second-order valence-corrected chi connectivity index (χ2v) is 4.03. The van der Waals surface area contributed by atoms with Crippen LogP contribution in [0.1, 0.15) is 19.4 Å². The van der Waals surface area contributed by atoms with Crippen molar-refractivity contribution in [2.45, 2.75) is 25.9 Å². The van der Waals surface area contributed by atoms with Crippen LogP contribution in [0.15, 0.2) is 24.5 Å².